The standard InChI is InChI=1S/C23H32O5S.K/c1-2-3-4-5-6-7-8-9-10-11-19-16-20(24)18-22(17-19)28-21-12-14-23(15-13-21)29(25,26)27;/h12-18,24H,2-11H2,1H3,(H,25,26,27);/q;+1/p-1. The van der Waals surface area contributed by atoms with Gasteiger partial charge in [0.15, 0.2) is 0 Å². The van der Waals surface area contributed by atoms with Crippen LogP contribution in [0.5, 0.6) is 17.2 Å². The Kier molecular flexibility index (Phi) is 13.5. The summed E-state index contributed by atoms with van der Waals surface area (Å²) in [5.41, 5.74) is 0.949. The molecular weight excluding hydrogens is 427 g/mol. The number of benzene rings is 2. The first-order valence-corrected chi connectivity index (χ1v) is 11.9. The van der Waals surface area contributed by atoms with E-state index >= 15 is 0 Å². The van der Waals surface area contributed by atoms with Crippen molar-refractivity contribution in [1.82, 2.24) is 0 Å². The summed E-state index contributed by atoms with van der Waals surface area (Å²) in [5.74, 6) is 0.725. The average molecular weight is 459 g/mol. The minimum atomic E-state index is -4.23. The van der Waals surface area contributed by atoms with E-state index in [1.807, 2.05) is 6.07 Å². The molecule has 0 aliphatic carbocycles. The first kappa shape index (κ1) is 27.6. The molecule has 5 nitrogen and oxygen atoms in total. The summed E-state index contributed by atoms with van der Waals surface area (Å²) in [5, 5.41) is 12.0. The van der Waals surface area contributed by atoms with Gasteiger partial charge in [0.25, 0.3) is 10.1 Å². The van der Waals surface area contributed by atoms with Gasteiger partial charge in [-0.1, -0.05) is 64.4 Å². The van der Waals surface area contributed by atoms with Gasteiger partial charge < -0.3 is 9.84 Å². The SMILES string of the molecule is CCCCCCCCCCCc1cc([O-])cc(Oc2ccc(S(=O)(=O)O)cc2)c1.[K+]. The van der Waals surface area contributed by atoms with Crippen LogP contribution in [0.2, 0.25) is 0 Å². The molecule has 160 valence electrons. The van der Waals surface area contributed by atoms with E-state index in [1.165, 1.54) is 75.3 Å². The molecule has 0 bridgehead atoms. The van der Waals surface area contributed by atoms with Gasteiger partial charge in [-0.05, 0) is 54.8 Å². The van der Waals surface area contributed by atoms with E-state index in [4.69, 9.17) is 9.29 Å². The molecule has 0 aliphatic rings. The third kappa shape index (κ3) is 10.8. The fraction of sp³-hybridized carbons (Fsp3) is 0.478. The molecule has 0 aliphatic heterocycles. The van der Waals surface area contributed by atoms with Gasteiger partial charge in [0.1, 0.15) is 11.5 Å². The second kappa shape index (κ2) is 14.6. The number of hydrogen-bond donors (Lipinski definition) is 1. The number of rotatable bonds is 13. The Hall–Kier alpha value is -0.414. The molecule has 2 rings (SSSR count). The Morgan fingerprint density at radius 1 is 0.833 bits per heavy atom. The van der Waals surface area contributed by atoms with Crippen LogP contribution in [-0.4, -0.2) is 13.0 Å². The number of aryl methyl sites for hydroxylation is 1. The van der Waals surface area contributed by atoms with E-state index in [2.05, 4.69) is 6.92 Å². The fourth-order valence-electron chi connectivity index (χ4n) is 3.29. The summed E-state index contributed by atoms with van der Waals surface area (Å²) >= 11 is 0. The van der Waals surface area contributed by atoms with Crippen LogP contribution in [0.15, 0.2) is 47.4 Å². The molecule has 0 unspecified atom stereocenters. The van der Waals surface area contributed by atoms with Gasteiger partial charge in [-0.3, -0.25) is 4.55 Å². The predicted molar refractivity (Wildman–Crippen MR) is 113 cm³/mol. The molecule has 0 aromatic heterocycles. The normalized spacial score (nSPS) is 11.1. The maximum Gasteiger partial charge on any atom is 1.00 e. The van der Waals surface area contributed by atoms with Crippen molar-refractivity contribution in [2.75, 3.05) is 0 Å². The second-order valence-electron chi connectivity index (χ2n) is 7.44. The van der Waals surface area contributed by atoms with Gasteiger partial charge in [0, 0.05) is 0 Å². The van der Waals surface area contributed by atoms with Crippen LogP contribution in [0, 0.1) is 0 Å². The zero-order chi connectivity index (χ0) is 21.1. The Balaban J connectivity index is 0.00000450. The zero-order valence-electron chi connectivity index (χ0n) is 18.1. The molecule has 2 aromatic rings. The van der Waals surface area contributed by atoms with Crippen LogP contribution >= 0.6 is 0 Å². The van der Waals surface area contributed by atoms with E-state index in [9.17, 15) is 13.5 Å². The van der Waals surface area contributed by atoms with Gasteiger partial charge in [0.2, 0.25) is 0 Å². The molecule has 0 amide bonds. The number of unbranched alkanes of at least 4 members (excludes halogenated alkanes) is 8. The minimum absolute atomic E-state index is 0. The van der Waals surface area contributed by atoms with E-state index in [0.29, 0.717) is 11.5 Å². The monoisotopic (exact) mass is 458 g/mol. The second-order valence-corrected chi connectivity index (χ2v) is 8.86. The maximum atomic E-state index is 12.0. The summed E-state index contributed by atoms with van der Waals surface area (Å²) in [6, 6.07) is 10.3. The molecule has 0 saturated carbocycles. The predicted octanol–water partition coefficient (Wildman–Crippen LogP) is 2.88. The van der Waals surface area contributed by atoms with Crippen LogP contribution in [0.4, 0.5) is 0 Å². The van der Waals surface area contributed by atoms with E-state index < -0.39 is 10.1 Å². The van der Waals surface area contributed by atoms with Crippen molar-refractivity contribution in [1.29, 1.82) is 0 Å². The van der Waals surface area contributed by atoms with Gasteiger partial charge in [-0.25, -0.2) is 0 Å². The number of ether oxygens (including phenoxy) is 1. The van der Waals surface area contributed by atoms with Crippen LogP contribution in [-0.2, 0) is 16.5 Å². The van der Waals surface area contributed by atoms with Gasteiger partial charge >= 0.3 is 51.4 Å². The van der Waals surface area contributed by atoms with Crippen molar-refractivity contribution in [3.05, 3.63) is 48.0 Å². The first-order valence-electron chi connectivity index (χ1n) is 10.4. The Bertz CT molecular complexity index is 850. The van der Waals surface area contributed by atoms with E-state index in [0.717, 1.165) is 24.8 Å². The molecule has 1 N–H and O–H groups in total. The molecular formula is C23H31KO5S. The first-order chi connectivity index (χ1) is 13.9. The van der Waals surface area contributed by atoms with Crippen molar-refractivity contribution >= 4 is 10.1 Å². The van der Waals surface area contributed by atoms with Crippen molar-refractivity contribution in [2.45, 2.75) is 76.0 Å². The van der Waals surface area contributed by atoms with E-state index in [-0.39, 0.29) is 62.0 Å². The summed E-state index contributed by atoms with van der Waals surface area (Å²) in [6.45, 7) is 2.23. The van der Waals surface area contributed by atoms with Crippen LogP contribution < -0.4 is 61.2 Å². The summed E-state index contributed by atoms with van der Waals surface area (Å²) in [6.07, 6.45) is 12.1. The molecule has 0 spiro atoms. The smallest absolute Gasteiger partial charge is 0.872 e. The molecule has 0 heterocycles. The van der Waals surface area contributed by atoms with Gasteiger partial charge in [-0.15, -0.1) is 5.75 Å². The van der Waals surface area contributed by atoms with Crippen LogP contribution in [0.1, 0.15) is 70.3 Å². The van der Waals surface area contributed by atoms with Crippen molar-refractivity contribution < 1.29 is 74.2 Å². The average Bonchev–Trinajstić information content (AvgIpc) is 2.66. The third-order valence-electron chi connectivity index (χ3n) is 4.87. The van der Waals surface area contributed by atoms with Crippen molar-refractivity contribution in [3.63, 3.8) is 0 Å². The third-order valence-corrected chi connectivity index (χ3v) is 5.73. The Labute approximate surface area is 223 Å². The molecule has 0 fully saturated rings. The zero-order valence-corrected chi connectivity index (χ0v) is 22.0. The summed E-state index contributed by atoms with van der Waals surface area (Å²) in [4.78, 5) is -0.200. The van der Waals surface area contributed by atoms with Crippen LogP contribution in [0.3, 0.4) is 0 Å². The molecule has 0 saturated heterocycles. The van der Waals surface area contributed by atoms with Crippen molar-refractivity contribution in [3.8, 4) is 17.2 Å². The van der Waals surface area contributed by atoms with Crippen molar-refractivity contribution in [2.24, 2.45) is 0 Å². The molecule has 0 atom stereocenters. The fourth-order valence-corrected chi connectivity index (χ4v) is 3.77. The van der Waals surface area contributed by atoms with Gasteiger partial charge in [-0.2, -0.15) is 8.42 Å². The largest absolute Gasteiger partial charge is 1.00 e. The van der Waals surface area contributed by atoms with Gasteiger partial charge in [0.05, 0.1) is 4.90 Å². The van der Waals surface area contributed by atoms with Crippen LogP contribution in [0.25, 0.3) is 0 Å². The number of hydrogen-bond acceptors (Lipinski definition) is 4. The Morgan fingerprint density at radius 2 is 1.40 bits per heavy atom. The topological polar surface area (TPSA) is 86.7 Å². The molecule has 2 aromatic carbocycles. The summed E-state index contributed by atoms with van der Waals surface area (Å²) in [7, 11) is -4.23. The maximum absolute atomic E-state index is 12.0. The molecule has 30 heavy (non-hydrogen) atoms. The molecule has 0 radical (unpaired) electrons. The molecule has 7 heteroatoms. The minimum Gasteiger partial charge on any atom is -0.872 e. The Morgan fingerprint density at radius 3 is 1.97 bits per heavy atom. The van der Waals surface area contributed by atoms with E-state index in [1.54, 1.807) is 6.07 Å². The summed E-state index contributed by atoms with van der Waals surface area (Å²) < 4.78 is 36.9. The quantitative estimate of drug-likeness (QED) is 0.283.